The molecule has 0 aliphatic heterocycles. The van der Waals surface area contributed by atoms with Gasteiger partial charge in [-0.15, -0.1) is 0 Å². The summed E-state index contributed by atoms with van der Waals surface area (Å²) in [6, 6.07) is 0. The lowest BCUT2D eigenvalue weighted by Crippen LogP contribution is -1.94. The summed E-state index contributed by atoms with van der Waals surface area (Å²) in [5.41, 5.74) is 0.877. The van der Waals surface area contributed by atoms with Crippen molar-refractivity contribution in [2.24, 2.45) is 0 Å². The van der Waals surface area contributed by atoms with Gasteiger partial charge in [0.15, 0.2) is 10.3 Å². The van der Waals surface area contributed by atoms with Gasteiger partial charge in [-0.25, -0.2) is 15.0 Å². The minimum absolute atomic E-state index is 0.848. The van der Waals surface area contributed by atoms with Gasteiger partial charge in [-0.1, -0.05) is 30.0 Å². The standard InChI is InChI=1S/C10H14N4S2/c1-3-5-15-9-12-6-7-8(14-9)16-10(13-7)11-4-2/h6H,3-5H2,1-2H3,(H,11,13). The van der Waals surface area contributed by atoms with Crippen molar-refractivity contribution in [1.29, 1.82) is 0 Å². The van der Waals surface area contributed by atoms with E-state index in [1.54, 1.807) is 29.3 Å². The average Bonchev–Trinajstić information content (AvgIpc) is 2.68. The molecule has 2 aromatic heterocycles. The lowest BCUT2D eigenvalue weighted by Gasteiger charge is -1.95. The Bertz CT molecular complexity index is 469. The third-order valence-electron chi connectivity index (χ3n) is 1.89. The second-order valence-corrected chi connectivity index (χ2v) is 5.28. The van der Waals surface area contributed by atoms with E-state index in [4.69, 9.17) is 0 Å². The van der Waals surface area contributed by atoms with Crippen LogP contribution in [-0.4, -0.2) is 27.2 Å². The molecule has 0 radical (unpaired) electrons. The van der Waals surface area contributed by atoms with Gasteiger partial charge >= 0.3 is 0 Å². The van der Waals surface area contributed by atoms with Gasteiger partial charge in [-0.3, -0.25) is 0 Å². The summed E-state index contributed by atoms with van der Waals surface area (Å²) in [5.74, 6) is 1.06. The Morgan fingerprint density at radius 1 is 1.38 bits per heavy atom. The van der Waals surface area contributed by atoms with Crippen molar-refractivity contribution in [1.82, 2.24) is 15.0 Å². The smallest absolute Gasteiger partial charge is 0.189 e. The highest BCUT2D eigenvalue weighted by Crippen LogP contribution is 2.25. The lowest BCUT2D eigenvalue weighted by molar-refractivity contribution is 0.996. The molecule has 2 aromatic rings. The fraction of sp³-hybridized carbons (Fsp3) is 0.500. The normalized spacial score (nSPS) is 10.9. The molecule has 1 N–H and O–H groups in total. The van der Waals surface area contributed by atoms with E-state index in [1.165, 1.54) is 0 Å². The third kappa shape index (κ3) is 2.62. The molecule has 0 aromatic carbocycles. The SMILES string of the molecule is CCCSc1ncc2nc(NCC)sc2n1. The molecule has 86 valence electrons. The Labute approximate surface area is 103 Å². The highest BCUT2D eigenvalue weighted by atomic mass is 32.2. The molecular weight excluding hydrogens is 240 g/mol. The maximum absolute atomic E-state index is 4.48. The van der Waals surface area contributed by atoms with E-state index in [-0.39, 0.29) is 0 Å². The Morgan fingerprint density at radius 3 is 3.00 bits per heavy atom. The number of fused-ring (bicyclic) bond motifs is 1. The fourth-order valence-corrected chi connectivity index (χ4v) is 2.82. The molecule has 2 heterocycles. The highest BCUT2D eigenvalue weighted by molar-refractivity contribution is 7.99. The Kier molecular flexibility index (Phi) is 3.95. The van der Waals surface area contributed by atoms with Crippen molar-refractivity contribution in [2.45, 2.75) is 25.4 Å². The van der Waals surface area contributed by atoms with Crippen molar-refractivity contribution in [2.75, 3.05) is 17.6 Å². The molecule has 0 unspecified atom stereocenters. The topological polar surface area (TPSA) is 50.7 Å². The molecule has 0 aliphatic rings. The number of thioether (sulfide) groups is 1. The van der Waals surface area contributed by atoms with Crippen LogP contribution in [0.4, 0.5) is 5.13 Å². The molecule has 0 saturated heterocycles. The Balaban J connectivity index is 2.23. The van der Waals surface area contributed by atoms with Gasteiger partial charge in [0, 0.05) is 12.3 Å². The lowest BCUT2D eigenvalue weighted by atomic mass is 10.6. The maximum Gasteiger partial charge on any atom is 0.189 e. The number of aromatic nitrogens is 3. The molecule has 0 aliphatic carbocycles. The Hall–Kier alpha value is -0.880. The minimum Gasteiger partial charge on any atom is -0.362 e. The van der Waals surface area contributed by atoms with E-state index < -0.39 is 0 Å². The van der Waals surface area contributed by atoms with Crippen LogP contribution in [0.2, 0.25) is 0 Å². The monoisotopic (exact) mass is 254 g/mol. The van der Waals surface area contributed by atoms with Gasteiger partial charge in [0.05, 0.1) is 6.20 Å². The molecule has 16 heavy (non-hydrogen) atoms. The van der Waals surface area contributed by atoms with Crippen LogP contribution < -0.4 is 5.32 Å². The molecule has 0 fully saturated rings. The third-order valence-corrected chi connectivity index (χ3v) is 3.88. The summed E-state index contributed by atoms with van der Waals surface area (Å²) in [6.45, 7) is 5.09. The summed E-state index contributed by atoms with van der Waals surface area (Å²) in [7, 11) is 0. The van der Waals surface area contributed by atoms with E-state index >= 15 is 0 Å². The predicted molar refractivity (Wildman–Crippen MR) is 70.4 cm³/mol. The van der Waals surface area contributed by atoms with Crippen LogP contribution in [-0.2, 0) is 0 Å². The van der Waals surface area contributed by atoms with Gasteiger partial charge in [0.25, 0.3) is 0 Å². The van der Waals surface area contributed by atoms with Crippen LogP contribution in [0.1, 0.15) is 20.3 Å². The van der Waals surface area contributed by atoms with Crippen molar-refractivity contribution < 1.29 is 0 Å². The molecule has 0 saturated carbocycles. The molecule has 0 bridgehead atoms. The zero-order valence-corrected chi connectivity index (χ0v) is 11.0. The van der Waals surface area contributed by atoms with Crippen LogP contribution in [0.25, 0.3) is 10.3 Å². The number of hydrogen-bond acceptors (Lipinski definition) is 6. The van der Waals surface area contributed by atoms with Gasteiger partial charge in [-0.2, -0.15) is 0 Å². The first-order chi connectivity index (χ1) is 7.83. The van der Waals surface area contributed by atoms with Crippen molar-refractivity contribution in [3.05, 3.63) is 6.20 Å². The largest absolute Gasteiger partial charge is 0.362 e. The summed E-state index contributed by atoms with van der Waals surface area (Å²) in [6.07, 6.45) is 2.94. The van der Waals surface area contributed by atoms with Crippen molar-refractivity contribution in [3.8, 4) is 0 Å². The van der Waals surface area contributed by atoms with Crippen molar-refractivity contribution >= 4 is 38.6 Å². The summed E-state index contributed by atoms with van der Waals surface area (Å²) in [5, 5.41) is 4.96. The first-order valence-corrected chi connectivity index (χ1v) is 7.14. The van der Waals surface area contributed by atoms with E-state index in [1.807, 2.05) is 0 Å². The zero-order chi connectivity index (χ0) is 11.4. The highest BCUT2D eigenvalue weighted by Gasteiger charge is 2.06. The molecule has 0 spiro atoms. The Morgan fingerprint density at radius 2 is 2.25 bits per heavy atom. The number of anilines is 1. The predicted octanol–water partition coefficient (Wildman–Crippen LogP) is 3.02. The second kappa shape index (κ2) is 5.45. The number of thiazole rings is 1. The number of nitrogens with one attached hydrogen (secondary N) is 1. The van der Waals surface area contributed by atoms with E-state index in [9.17, 15) is 0 Å². The quantitative estimate of drug-likeness (QED) is 0.656. The first-order valence-electron chi connectivity index (χ1n) is 5.33. The van der Waals surface area contributed by atoms with Crippen LogP contribution in [0.3, 0.4) is 0 Å². The molecule has 6 heteroatoms. The summed E-state index contributed by atoms with van der Waals surface area (Å²) >= 11 is 3.28. The van der Waals surface area contributed by atoms with Crippen LogP contribution in [0, 0.1) is 0 Å². The number of nitrogens with zero attached hydrogens (tertiary/aromatic N) is 3. The van der Waals surface area contributed by atoms with E-state index in [0.29, 0.717) is 0 Å². The summed E-state index contributed by atoms with van der Waals surface area (Å²) < 4.78 is 0. The van der Waals surface area contributed by atoms with Crippen LogP contribution in [0.15, 0.2) is 11.4 Å². The fourth-order valence-electron chi connectivity index (χ4n) is 1.21. The first kappa shape index (κ1) is 11.6. The van der Waals surface area contributed by atoms with E-state index in [0.717, 1.165) is 39.4 Å². The summed E-state index contributed by atoms with van der Waals surface area (Å²) in [4.78, 5) is 14.1. The van der Waals surface area contributed by atoms with Crippen LogP contribution >= 0.6 is 23.1 Å². The minimum atomic E-state index is 0.848. The number of hydrogen-bond donors (Lipinski definition) is 1. The number of rotatable bonds is 5. The van der Waals surface area contributed by atoms with E-state index in [2.05, 4.69) is 34.1 Å². The molecule has 0 amide bonds. The zero-order valence-electron chi connectivity index (χ0n) is 9.36. The van der Waals surface area contributed by atoms with Crippen LogP contribution in [0.5, 0.6) is 0 Å². The van der Waals surface area contributed by atoms with Gasteiger partial charge in [-0.05, 0) is 13.3 Å². The maximum atomic E-state index is 4.48. The van der Waals surface area contributed by atoms with Crippen molar-refractivity contribution in [3.63, 3.8) is 0 Å². The van der Waals surface area contributed by atoms with Gasteiger partial charge in [0.2, 0.25) is 0 Å². The molecule has 4 nitrogen and oxygen atoms in total. The van der Waals surface area contributed by atoms with Gasteiger partial charge < -0.3 is 5.32 Å². The second-order valence-electron chi connectivity index (χ2n) is 3.24. The molecular formula is C10H14N4S2. The average molecular weight is 254 g/mol. The van der Waals surface area contributed by atoms with Gasteiger partial charge in [0.1, 0.15) is 10.3 Å². The molecule has 2 rings (SSSR count). The molecule has 0 atom stereocenters.